The molecule has 1 aromatic heterocycles. The highest BCUT2D eigenvalue weighted by molar-refractivity contribution is 8.02. The smallest absolute Gasteiger partial charge is 0.233 e. The molecule has 0 saturated heterocycles. The van der Waals surface area contributed by atoms with Gasteiger partial charge in [0.25, 0.3) is 0 Å². The van der Waals surface area contributed by atoms with Crippen molar-refractivity contribution >= 4 is 39.8 Å². The summed E-state index contributed by atoms with van der Waals surface area (Å²) in [6.07, 6.45) is 4.78. The van der Waals surface area contributed by atoms with Crippen LogP contribution in [-0.2, 0) is 4.79 Å². The van der Waals surface area contributed by atoms with Crippen molar-refractivity contribution in [1.29, 1.82) is 0 Å². The number of para-hydroxylation sites is 1. The Morgan fingerprint density at radius 2 is 2.04 bits per heavy atom. The second kappa shape index (κ2) is 8.86. The number of nitrogens with one attached hydrogen (secondary N) is 2. The maximum Gasteiger partial charge on any atom is 0.233 e. The Bertz CT molecular complexity index is 749. The van der Waals surface area contributed by atoms with Crippen molar-refractivity contribution in [2.24, 2.45) is 5.92 Å². The summed E-state index contributed by atoms with van der Waals surface area (Å²) >= 11 is 2.95. The normalized spacial score (nSPS) is 21.2. The molecule has 5 nitrogen and oxygen atoms in total. The van der Waals surface area contributed by atoms with E-state index in [-0.39, 0.29) is 11.2 Å². The lowest BCUT2D eigenvalue weighted by molar-refractivity contribution is -0.121. The second-order valence-electron chi connectivity index (χ2n) is 6.95. The summed E-state index contributed by atoms with van der Waals surface area (Å²) in [5, 5.41) is 15.5. The van der Waals surface area contributed by atoms with Gasteiger partial charge in [0.2, 0.25) is 11.0 Å². The summed E-state index contributed by atoms with van der Waals surface area (Å²) in [5.74, 6) is 0.661. The van der Waals surface area contributed by atoms with Crippen molar-refractivity contribution in [3.8, 4) is 0 Å². The van der Waals surface area contributed by atoms with Crippen molar-refractivity contribution in [3.05, 3.63) is 29.8 Å². The molecule has 1 amide bonds. The van der Waals surface area contributed by atoms with Crippen molar-refractivity contribution in [1.82, 2.24) is 15.5 Å². The predicted octanol–water partition coefficient (Wildman–Crippen LogP) is 4.77. The minimum atomic E-state index is -0.177. The van der Waals surface area contributed by atoms with Crippen LogP contribution in [0.5, 0.6) is 0 Å². The molecule has 1 aliphatic rings. The maximum atomic E-state index is 12.5. The number of carbonyl (C=O) groups excluding carboxylic acids is 1. The zero-order valence-corrected chi connectivity index (χ0v) is 17.1. The van der Waals surface area contributed by atoms with Gasteiger partial charge in [-0.25, -0.2) is 0 Å². The largest absolute Gasteiger partial charge is 0.352 e. The van der Waals surface area contributed by atoms with Gasteiger partial charge in [-0.05, 0) is 44.2 Å². The van der Waals surface area contributed by atoms with E-state index in [1.54, 1.807) is 0 Å². The maximum absolute atomic E-state index is 12.5. The first kappa shape index (κ1) is 19.2. The lowest BCUT2D eigenvalue weighted by atomic mass is 9.86. The fourth-order valence-corrected chi connectivity index (χ4v) is 5.09. The highest BCUT2D eigenvalue weighted by atomic mass is 32.2. The Morgan fingerprint density at radius 1 is 1.27 bits per heavy atom. The first-order valence-corrected chi connectivity index (χ1v) is 10.9. The summed E-state index contributed by atoms with van der Waals surface area (Å²) in [7, 11) is 0. The number of hydrogen-bond acceptors (Lipinski definition) is 6. The zero-order valence-electron chi connectivity index (χ0n) is 15.5. The van der Waals surface area contributed by atoms with Gasteiger partial charge in [0.1, 0.15) is 0 Å². The lowest BCUT2D eigenvalue weighted by Gasteiger charge is -2.30. The van der Waals surface area contributed by atoms with Crippen LogP contribution in [0.4, 0.5) is 10.8 Å². The van der Waals surface area contributed by atoms with Gasteiger partial charge in [-0.15, -0.1) is 10.2 Å². The van der Waals surface area contributed by atoms with Gasteiger partial charge < -0.3 is 10.6 Å². The Kier molecular flexibility index (Phi) is 6.53. The number of thioether (sulfide) groups is 1. The second-order valence-corrected chi connectivity index (χ2v) is 9.52. The van der Waals surface area contributed by atoms with Crippen LogP contribution in [0.1, 0.15) is 45.1 Å². The highest BCUT2D eigenvalue weighted by Gasteiger charge is 2.25. The molecule has 140 valence electrons. The summed E-state index contributed by atoms with van der Waals surface area (Å²) in [5.41, 5.74) is 2.18. The molecule has 0 unspecified atom stereocenters. The number of aryl methyl sites for hydroxylation is 1. The number of carbonyl (C=O) groups is 1. The lowest BCUT2D eigenvalue weighted by Crippen LogP contribution is -2.44. The number of anilines is 2. The van der Waals surface area contributed by atoms with Crippen LogP contribution >= 0.6 is 23.1 Å². The zero-order chi connectivity index (χ0) is 18.5. The molecule has 1 aliphatic carbocycles. The molecule has 1 saturated carbocycles. The summed E-state index contributed by atoms with van der Waals surface area (Å²) in [4.78, 5) is 12.5. The van der Waals surface area contributed by atoms with E-state index in [4.69, 9.17) is 0 Å². The molecule has 1 heterocycles. The fourth-order valence-electron chi connectivity index (χ4n) is 3.17. The molecule has 2 N–H and O–H groups in total. The van der Waals surface area contributed by atoms with Crippen LogP contribution in [0.25, 0.3) is 0 Å². The standard InChI is InChI=1S/C19H26N4OS2/c1-12-8-4-6-10-15(12)20-17(24)14(3)25-19-23-22-18(26-19)21-16-11-7-5-9-13(16)2/h5,7,9,11-12,14-15H,4,6,8,10H2,1-3H3,(H,20,24)(H,21,22)/t12-,14+,15-/m0/s1. The Morgan fingerprint density at radius 3 is 2.81 bits per heavy atom. The molecular formula is C19H26N4OS2. The van der Waals surface area contributed by atoms with E-state index in [1.165, 1.54) is 42.4 Å². The van der Waals surface area contributed by atoms with Crippen LogP contribution in [-0.4, -0.2) is 27.4 Å². The average Bonchev–Trinajstić information content (AvgIpc) is 3.06. The van der Waals surface area contributed by atoms with E-state index in [0.29, 0.717) is 12.0 Å². The molecule has 1 aromatic carbocycles. The number of amides is 1. The Hall–Kier alpha value is -1.60. The number of benzene rings is 1. The van der Waals surface area contributed by atoms with E-state index in [2.05, 4.69) is 40.7 Å². The summed E-state index contributed by atoms with van der Waals surface area (Å²) < 4.78 is 0.806. The van der Waals surface area contributed by atoms with Gasteiger partial charge in [0.15, 0.2) is 4.34 Å². The van der Waals surface area contributed by atoms with Crippen LogP contribution in [0.3, 0.4) is 0 Å². The molecule has 0 radical (unpaired) electrons. The van der Waals surface area contributed by atoms with Gasteiger partial charge in [0.05, 0.1) is 5.25 Å². The molecule has 3 rings (SSSR count). The number of hydrogen-bond donors (Lipinski definition) is 2. The number of nitrogens with zero attached hydrogens (tertiary/aromatic N) is 2. The van der Waals surface area contributed by atoms with Crippen molar-refractivity contribution < 1.29 is 4.79 Å². The van der Waals surface area contributed by atoms with Crippen LogP contribution in [0.2, 0.25) is 0 Å². The Balaban J connectivity index is 1.54. The van der Waals surface area contributed by atoms with Gasteiger partial charge in [0, 0.05) is 11.7 Å². The Labute approximate surface area is 163 Å². The SMILES string of the molecule is Cc1ccccc1Nc1nnc(S[C@H](C)C(=O)N[C@H]2CCCC[C@@H]2C)s1. The minimum absolute atomic E-state index is 0.0948. The number of aromatic nitrogens is 2. The molecule has 1 fully saturated rings. The van der Waals surface area contributed by atoms with Crippen molar-refractivity contribution in [3.63, 3.8) is 0 Å². The van der Waals surface area contributed by atoms with Crippen LogP contribution in [0.15, 0.2) is 28.6 Å². The van der Waals surface area contributed by atoms with Crippen LogP contribution < -0.4 is 10.6 Å². The minimum Gasteiger partial charge on any atom is -0.352 e. The third kappa shape index (κ3) is 4.98. The molecular weight excluding hydrogens is 364 g/mol. The van der Waals surface area contributed by atoms with Crippen molar-refractivity contribution in [2.75, 3.05) is 5.32 Å². The summed E-state index contributed by atoms with van der Waals surface area (Å²) in [6, 6.07) is 8.38. The number of rotatable bonds is 6. The average molecular weight is 391 g/mol. The highest BCUT2D eigenvalue weighted by Crippen LogP contribution is 2.31. The predicted molar refractivity (Wildman–Crippen MR) is 109 cm³/mol. The quantitative estimate of drug-likeness (QED) is 0.696. The van der Waals surface area contributed by atoms with Crippen LogP contribution in [0, 0.1) is 12.8 Å². The van der Waals surface area contributed by atoms with Gasteiger partial charge in [-0.2, -0.15) is 0 Å². The molecule has 7 heteroatoms. The van der Waals surface area contributed by atoms with E-state index >= 15 is 0 Å². The molecule has 3 atom stereocenters. The third-order valence-electron chi connectivity index (χ3n) is 4.88. The van der Waals surface area contributed by atoms with E-state index < -0.39 is 0 Å². The molecule has 0 bridgehead atoms. The van der Waals surface area contributed by atoms with Gasteiger partial charge in [-0.3, -0.25) is 4.79 Å². The van der Waals surface area contributed by atoms with E-state index in [0.717, 1.165) is 27.1 Å². The van der Waals surface area contributed by atoms with Gasteiger partial charge in [-0.1, -0.05) is 61.1 Å². The summed E-state index contributed by atoms with van der Waals surface area (Å²) in [6.45, 7) is 6.22. The topological polar surface area (TPSA) is 66.9 Å². The van der Waals surface area contributed by atoms with Gasteiger partial charge >= 0.3 is 0 Å². The molecule has 2 aromatic rings. The third-order valence-corrected chi connectivity index (χ3v) is 6.90. The monoisotopic (exact) mass is 390 g/mol. The first-order chi connectivity index (χ1) is 12.5. The molecule has 0 aliphatic heterocycles. The van der Waals surface area contributed by atoms with E-state index in [9.17, 15) is 4.79 Å². The van der Waals surface area contributed by atoms with Crippen molar-refractivity contribution in [2.45, 2.75) is 62.1 Å². The first-order valence-electron chi connectivity index (χ1n) is 9.16. The van der Waals surface area contributed by atoms with E-state index in [1.807, 2.05) is 25.1 Å². The fraction of sp³-hybridized carbons (Fsp3) is 0.526. The molecule has 0 spiro atoms. The molecule has 26 heavy (non-hydrogen) atoms.